The molecule has 0 aliphatic rings. The molecule has 1 aromatic carbocycles. The first-order chi connectivity index (χ1) is 11.5. The summed E-state index contributed by atoms with van der Waals surface area (Å²) in [5.41, 5.74) is 0.680. The van der Waals surface area contributed by atoms with E-state index in [1.165, 1.54) is 20.3 Å². The van der Waals surface area contributed by atoms with Crippen LogP contribution in [0.2, 0.25) is 5.02 Å². The number of ether oxygens (including phenoxy) is 2. The van der Waals surface area contributed by atoms with Crippen LogP contribution in [-0.2, 0) is 9.59 Å². The number of hydrogen-bond donors (Lipinski definition) is 2. The quantitative estimate of drug-likeness (QED) is 0.552. The zero-order valence-corrected chi connectivity index (χ0v) is 14.3. The first-order valence-electron chi connectivity index (χ1n) is 7.09. The van der Waals surface area contributed by atoms with Crippen molar-refractivity contribution in [3.63, 3.8) is 0 Å². The minimum atomic E-state index is -0.328. The lowest BCUT2D eigenvalue weighted by Crippen LogP contribution is -2.30. The zero-order chi connectivity index (χ0) is 17.9. The Kier molecular flexibility index (Phi) is 8.23. The van der Waals surface area contributed by atoms with E-state index in [1.807, 2.05) is 0 Å². The largest absolute Gasteiger partial charge is 0.493 e. The molecule has 0 aliphatic carbocycles. The number of hydrogen-bond acceptors (Lipinski definition) is 4. The molecule has 0 atom stereocenters. The van der Waals surface area contributed by atoms with Gasteiger partial charge >= 0.3 is 0 Å². The van der Waals surface area contributed by atoms with Crippen LogP contribution in [0, 0.1) is 12.3 Å². The highest BCUT2D eigenvalue weighted by Crippen LogP contribution is 2.36. The molecule has 1 aromatic rings. The second-order valence-corrected chi connectivity index (χ2v) is 5.00. The Morgan fingerprint density at radius 1 is 1.29 bits per heavy atom. The maximum atomic E-state index is 11.7. The molecule has 0 spiro atoms. The SMILES string of the molecule is C#CCNC(=O)CCNC(=O)C=Cc1cc(Cl)c(OC)c(OC)c1. The Hall–Kier alpha value is -2.65. The molecule has 2 amide bonds. The van der Waals surface area contributed by atoms with E-state index in [0.717, 1.165) is 0 Å². The Bertz CT molecular complexity index is 665. The Morgan fingerprint density at radius 2 is 2.04 bits per heavy atom. The molecule has 2 N–H and O–H groups in total. The summed E-state index contributed by atoms with van der Waals surface area (Å²) in [4.78, 5) is 23.0. The fourth-order valence-corrected chi connectivity index (χ4v) is 2.10. The lowest BCUT2D eigenvalue weighted by molar-refractivity contribution is -0.121. The smallest absolute Gasteiger partial charge is 0.244 e. The van der Waals surface area contributed by atoms with Crippen molar-refractivity contribution in [2.45, 2.75) is 6.42 Å². The van der Waals surface area contributed by atoms with E-state index in [0.29, 0.717) is 22.1 Å². The summed E-state index contributed by atoms with van der Waals surface area (Å²) in [5, 5.41) is 5.48. The predicted octanol–water partition coefficient (Wildman–Crippen LogP) is 1.63. The van der Waals surface area contributed by atoms with Crippen molar-refractivity contribution >= 4 is 29.5 Å². The van der Waals surface area contributed by atoms with Crippen LogP contribution >= 0.6 is 11.6 Å². The van der Waals surface area contributed by atoms with Gasteiger partial charge in [-0.05, 0) is 23.8 Å². The van der Waals surface area contributed by atoms with Gasteiger partial charge in [-0.15, -0.1) is 6.42 Å². The van der Waals surface area contributed by atoms with Crippen LogP contribution in [0.4, 0.5) is 0 Å². The molecular weight excluding hydrogens is 332 g/mol. The van der Waals surface area contributed by atoms with Crippen LogP contribution in [0.3, 0.4) is 0 Å². The van der Waals surface area contributed by atoms with E-state index in [1.54, 1.807) is 18.2 Å². The van der Waals surface area contributed by atoms with Gasteiger partial charge < -0.3 is 20.1 Å². The molecular formula is C17H19ClN2O4. The van der Waals surface area contributed by atoms with Crippen LogP contribution in [0.25, 0.3) is 6.08 Å². The lowest BCUT2D eigenvalue weighted by Gasteiger charge is -2.10. The van der Waals surface area contributed by atoms with Crippen molar-refractivity contribution in [1.29, 1.82) is 0 Å². The van der Waals surface area contributed by atoms with E-state index in [4.69, 9.17) is 27.5 Å². The van der Waals surface area contributed by atoms with Crippen LogP contribution in [0.15, 0.2) is 18.2 Å². The average Bonchev–Trinajstić information content (AvgIpc) is 2.57. The van der Waals surface area contributed by atoms with Gasteiger partial charge in [0.1, 0.15) is 0 Å². The number of amides is 2. The minimum Gasteiger partial charge on any atom is -0.493 e. The van der Waals surface area contributed by atoms with Gasteiger partial charge in [0.15, 0.2) is 11.5 Å². The number of methoxy groups -OCH3 is 2. The maximum absolute atomic E-state index is 11.7. The molecule has 0 heterocycles. The van der Waals surface area contributed by atoms with Crippen molar-refractivity contribution in [1.82, 2.24) is 10.6 Å². The number of rotatable bonds is 8. The van der Waals surface area contributed by atoms with Gasteiger partial charge in [0.25, 0.3) is 0 Å². The molecule has 128 valence electrons. The number of terminal acetylenes is 1. The van der Waals surface area contributed by atoms with Gasteiger partial charge in [-0.3, -0.25) is 9.59 Å². The number of carbonyl (C=O) groups excluding carboxylic acids is 2. The maximum Gasteiger partial charge on any atom is 0.244 e. The molecule has 6 nitrogen and oxygen atoms in total. The van der Waals surface area contributed by atoms with E-state index < -0.39 is 0 Å². The Morgan fingerprint density at radius 3 is 2.67 bits per heavy atom. The summed E-state index contributed by atoms with van der Waals surface area (Å²) in [6.45, 7) is 0.388. The van der Waals surface area contributed by atoms with E-state index in [2.05, 4.69) is 16.6 Å². The van der Waals surface area contributed by atoms with Gasteiger partial charge in [-0.2, -0.15) is 0 Å². The van der Waals surface area contributed by atoms with Crippen LogP contribution in [0.5, 0.6) is 11.5 Å². The summed E-state index contributed by atoms with van der Waals surface area (Å²) in [6.07, 6.45) is 8.11. The molecule has 0 unspecified atom stereocenters. The number of carbonyl (C=O) groups is 2. The summed E-state index contributed by atoms with van der Waals surface area (Å²) in [7, 11) is 2.99. The summed E-state index contributed by atoms with van der Waals surface area (Å²) >= 11 is 6.09. The van der Waals surface area contributed by atoms with Crippen LogP contribution in [0.1, 0.15) is 12.0 Å². The fraction of sp³-hybridized carbons (Fsp3) is 0.294. The molecule has 1 rings (SSSR count). The monoisotopic (exact) mass is 350 g/mol. The van der Waals surface area contributed by atoms with E-state index >= 15 is 0 Å². The molecule has 0 bridgehead atoms. The molecule has 0 saturated carbocycles. The molecule has 24 heavy (non-hydrogen) atoms. The molecule has 0 radical (unpaired) electrons. The second kappa shape index (κ2) is 10.2. The molecule has 0 fully saturated rings. The molecule has 0 saturated heterocycles. The number of halogens is 1. The van der Waals surface area contributed by atoms with Crippen molar-refractivity contribution < 1.29 is 19.1 Å². The van der Waals surface area contributed by atoms with Crippen molar-refractivity contribution in [3.8, 4) is 23.8 Å². The number of nitrogens with one attached hydrogen (secondary N) is 2. The van der Waals surface area contributed by atoms with Gasteiger partial charge in [-0.1, -0.05) is 17.5 Å². The minimum absolute atomic E-state index is 0.156. The Balaban J connectivity index is 2.57. The third-order valence-electron chi connectivity index (χ3n) is 2.92. The molecule has 0 aromatic heterocycles. The zero-order valence-electron chi connectivity index (χ0n) is 13.5. The standard InChI is InChI=1S/C17H19ClN2O4/c1-4-8-19-16(22)7-9-20-15(21)6-5-12-10-13(18)17(24-3)14(11-12)23-2/h1,5-6,10-11H,7-9H2,2-3H3,(H,19,22)(H,20,21). The van der Waals surface area contributed by atoms with Gasteiger partial charge in [0, 0.05) is 19.0 Å². The number of benzene rings is 1. The Labute approximate surface area is 146 Å². The third kappa shape index (κ3) is 6.23. The lowest BCUT2D eigenvalue weighted by atomic mass is 10.2. The fourth-order valence-electron chi connectivity index (χ4n) is 1.80. The van der Waals surface area contributed by atoms with Gasteiger partial charge in [0.05, 0.1) is 25.8 Å². The highest BCUT2D eigenvalue weighted by molar-refractivity contribution is 6.32. The van der Waals surface area contributed by atoms with E-state index in [9.17, 15) is 9.59 Å². The van der Waals surface area contributed by atoms with Crippen molar-refractivity contribution in [2.75, 3.05) is 27.3 Å². The third-order valence-corrected chi connectivity index (χ3v) is 3.20. The second-order valence-electron chi connectivity index (χ2n) is 4.59. The molecule has 7 heteroatoms. The first-order valence-corrected chi connectivity index (χ1v) is 7.47. The van der Waals surface area contributed by atoms with Gasteiger partial charge in [-0.25, -0.2) is 0 Å². The van der Waals surface area contributed by atoms with Crippen LogP contribution < -0.4 is 20.1 Å². The van der Waals surface area contributed by atoms with E-state index in [-0.39, 0.29) is 31.3 Å². The average molecular weight is 351 g/mol. The summed E-state index contributed by atoms with van der Waals surface area (Å²) < 4.78 is 10.3. The van der Waals surface area contributed by atoms with Crippen molar-refractivity contribution in [2.24, 2.45) is 0 Å². The summed E-state index contributed by atoms with van der Waals surface area (Å²) in [5.74, 6) is 2.65. The predicted molar refractivity (Wildman–Crippen MR) is 93.1 cm³/mol. The highest BCUT2D eigenvalue weighted by atomic mass is 35.5. The normalized spacial score (nSPS) is 10.1. The van der Waals surface area contributed by atoms with Gasteiger partial charge in [0.2, 0.25) is 11.8 Å². The highest BCUT2D eigenvalue weighted by Gasteiger charge is 2.09. The molecule has 0 aliphatic heterocycles. The first kappa shape index (κ1) is 19.4. The van der Waals surface area contributed by atoms with Crippen LogP contribution in [-0.4, -0.2) is 39.1 Å². The summed E-state index contributed by atoms with van der Waals surface area (Å²) in [6, 6.07) is 3.35. The van der Waals surface area contributed by atoms with Crippen molar-refractivity contribution in [3.05, 3.63) is 28.8 Å². The topological polar surface area (TPSA) is 76.7 Å².